The molecule has 1 saturated heterocycles. The third-order valence-corrected chi connectivity index (χ3v) is 4.77. The summed E-state index contributed by atoms with van der Waals surface area (Å²) in [6.45, 7) is 1.10. The van der Waals surface area contributed by atoms with Crippen molar-refractivity contribution in [1.29, 1.82) is 0 Å². The summed E-state index contributed by atoms with van der Waals surface area (Å²) in [5.41, 5.74) is 2.19. The lowest BCUT2D eigenvalue weighted by Gasteiger charge is -2.31. The highest BCUT2D eigenvalue weighted by molar-refractivity contribution is 5.99. The molecule has 3 heterocycles. The van der Waals surface area contributed by atoms with Crippen LogP contribution in [0.25, 0.3) is 10.9 Å². The molecule has 0 radical (unpaired) electrons. The smallest absolute Gasteiger partial charge is 0.270 e. The molecular formula is C20H20N4O2. The Hall–Kier alpha value is -3.15. The number of rotatable bonds is 3. The molecule has 1 unspecified atom stereocenters. The van der Waals surface area contributed by atoms with Crippen molar-refractivity contribution < 1.29 is 9.59 Å². The van der Waals surface area contributed by atoms with Crippen LogP contribution in [0, 0.1) is 5.92 Å². The molecule has 2 amide bonds. The Morgan fingerprint density at radius 3 is 2.88 bits per heavy atom. The van der Waals surface area contributed by atoms with Gasteiger partial charge in [-0.1, -0.05) is 18.2 Å². The zero-order chi connectivity index (χ0) is 17.9. The van der Waals surface area contributed by atoms with E-state index in [-0.39, 0.29) is 17.7 Å². The van der Waals surface area contributed by atoms with Gasteiger partial charge in [-0.2, -0.15) is 0 Å². The fraction of sp³-hybridized carbons (Fsp3) is 0.250. The predicted octanol–water partition coefficient (Wildman–Crippen LogP) is 3.05. The number of para-hydroxylation sites is 1. The normalized spacial score (nSPS) is 17.2. The Labute approximate surface area is 151 Å². The number of fused-ring (bicyclic) bond motifs is 1. The zero-order valence-corrected chi connectivity index (χ0v) is 14.3. The van der Waals surface area contributed by atoms with Crippen LogP contribution in [0.2, 0.25) is 0 Å². The van der Waals surface area contributed by atoms with Crippen molar-refractivity contribution in [2.75, 3.05) is 18.4 Å². The highest BCUT2D eigenvalue weighted by Crippen LogP contribution is 2.22. The van der Waals surface area contributed by atoms with E-state index in [9.17, 15) is 9.59 Å². The van der Waals surface area contributed by atoms with Gasteiger partial charge in [-0.3, -0.25) is 14.6 Å². The molecule has 1 atom stereocenters. The largest absolute Gasteiger partial charge is 0.351 e. The number of carbonyl (C=O) groups excluding carboxylic acids is 2. The topological polar surface area (TPSA) is 78.1 Å². The number of amides is 2. The fourth-order valence-electron chi connectivity index (χ4n) is 3.42. The Bertz CT molecular complexity index is 902. The van der Waals surface area contributed by atoms with Crippen LogP contribution < -0.4 is 5.32 Å². The van der Waals surface area contributed by atoms with Crippen LogP contribution in [-0.4, -0.2) is 39.8 Å². The van der Waals surface area contributed by atoms with Crippen LogP contribution in [-0.2, 0) is 4.79 Å². The predicted molar refractivity (Wildman–Crippen MR) is 99.8 cm³/mol. The SMILES string of the molecule is O=C(Nc1cccnc1)C1CCCN(C(=O)c2cc3ccccc3[nH]2)C1. The van der Waals surface area contributed by atoms with Crippen LogP contribution in [0.5, 0.6) is 0 Å². The summed E-state index contributed by atoms with van der Waals surface area (Å²) in [4.78, 5) is 34.3. The lowest BCUT2D eigenvalue weighted by Crippen LogP contribution is -2.43. The quantitative estimate of drug-likeness (QED) is 0.764. The van der Waals surface area contributed by atoms with Crippen molar-refractivity contribution in [2.45, 2.75) is 12.8 Å². The maximum Gasteiger partial charge on any atom is 0.270 e. The molecule has 2 aromatic heterocycles. The number of H-pyrrole nitrogens is 1. The van der Waals surface area contributed by atoms with Gasteiger partial charge in [0.05, 0.1) is 17.8 Å². The second-order valence-electron chi connectivity index (χ2n) is 6.59. The zero-order valence-electron chi connectivity index (χ0n) is 14.3. The minimum absolute atomic E-state index is 0.0555. The van der Waals surface area contributed by atoms with Gasteiger partial charge in [0.2, 0.25) is 5.91 Å². The van der Waals surface area contributed by atoms with Gasteiger partial charge in [0.1, 0.15) is 5.69 Å². The Kier molecular flexibility index (Phi) is 4.39. The number of aromatic nitrogens is 2. The minimum Gasteiger partial charge on any atom is -0.351 e. The number of hydrogen-bond acceptors (Lipinski definition) is 3. The van der Waals surface area contributed by atoms with E-state index in [0.717, 1.165) is 23.7 Å². The second kappa shape index (κ2) is 7.00. The molecule has 6 heteroatoms. The summed E-state index contributed by atoms with van der Waals surface area (Å²) in [6, 6.07) is 13.3. The van der Waals surface area contributed by atoms with Crippen molar-refractivity contribution in [3.8, 4) is 0 Å². The number of benzene rings is 1. The van der Waals surface area contributed by atoms with Crippen molar-refractivity contribution in [2.24, 2.45) is 5.92 Å². The van der Waals surface area contributed by atoms with Crippen LogP contribution in [0.1, 0.15) is 23.3 Å². The molecule has 0 bridgehead atoms. The number of nitrogens with zero attached hydrogens (tertiary/aromatic N) is 2. The molecule has 1 aromatic carbocycles. The first-order chi connectivity index (χ1) is 12.7. The molecule has 26 heavy (non-hydrogen) atoms. The molecule has 3 aromatic rings. The highest BCUT2D eigenvalue weighted by Gasteiger charge is 2.29. The molecule has 0 aliphatic carbocycles. The number of hydrogen-bond donors (Lipinski definition) is 2. The number of pyridine rings is 1. The second-order valence-corrected chi connectivity index (χ2v) is 6.59. The molecule has 1 fully saturated rings. The maximum absolute atomic E-state index is 12.8. The molecule has 4 rings (SSSR count). The van der Waals surface area contributed by atoms with Gasteiger partial charge in [0, 0.05) is 30.2 Å². The van der Waals surface area contributed by atoms with Gasteiger partial charge in [0.15, 0.2) is 0 Å². The standard InChI is InChI=1S/C20H20N4O2/c25-19(22-16-7-3-9-21-12-16)15-6-4-10-24(13-15)20(26)18-11-14-5-1-2-8-17(14)23-18/h1-3,5,7-9,11-12,15,23H,4,6,10,13H2,(H,22,25). The van der Waals surface area contributed by atoms with Crippen LogP contribution in [0.15, 0.2) is 54.9 Å². The number of likely N-dealkylation sites (tertiary alicyclic amines) is 1. The number of aromatic amines is 1. The van der Waals surface area contributed by atoms with Gasteiger partial charge in [0.25, 0.3) is 5.91 Å². The fourth-order valence-corrected chi connectivity index (χ4v) is 3.42. The highest BCUT2D eigenvalue weighted by atomic mass is 16.2. The third kappa shape index (κ3) is 3.31. The van der Waals surface area contributed by atoms with Crippen LogP contribution >= 0.6 is 0 Å². The van der Waals surface area contributed by atoms with E-state index in [1.54, 1.807) is 29.4 Å². The van der Waals surface area contributed by atoms with E-state index in [2.05, 4.69) is 15.3 Å². The Morgan fingerprint density at radius 2 is 2.08 bits per heavy atom. The molecule has 1 aliphatic heterocycles. The lowest BCUT2D eigenvalue weighted by molar-refractivity contribution is -0.121. The first-order valence-corrected chi connectivity index (χ1v) is 8.78. The van der Waals surface area contributed by atoms with Crippen molar-refractivity contribution in [1.82, 2.24) is 14.9 Å². The Balaban J connectivity index is 1.45. The van der Waals surface area contributed by atoms with E-state index in [0.29, 0.717) is 24.5 Å². The Morgan fingerprint density at radius 1 is 1.19 bits per heavy atom. The molecule has 0 spiro atoms. The lowest BCUT2D eigenvalue weighted by atomic mass is 9.96. The van der Waals surface area contributed by atoms with Crippen LogP contribution in [0.4, 0.5) is 5.69 Å². The summed E-state index contributed by atoms with van der Waals surface area (Å²) in [5.74, 6) is -0.329. The average molecular weight is 348 g/mol. The third-order valence-electron chi connectivity index (χ3n) is 4.77. The van der Waals surface area contributed by atoms with E-state index in [1.807, 2.05) is 30.3 Å². The van der Waals surface area contributed by atoms with Crippen LogP contribution in [0.3, 0.4) is 0 Å². The average Bonchev–Trinajstić information content (AvgIpc) is 3.12. The first kappa shape index (κ1) is 16.3. The molecule has 0 saturated carbocycles. The van der Waals surface area contributed by atoms with Gasteiger partial charge >= 0.3 is 0 Å². The van der Waals surface area contributed by atoms with E-state index < -0.39 is 0 Å². The van der Waals surface area contributed by atoms with Gasteiger partial charge < -0.3 is 15.2 Å². The minimum atomic E-state index is -0.211. The molecule has 132 valence electrons. The summed E-state index contributed by atoms with van der Waals surface area (Å²) < 4.78 is 0. The van der Waals surface area contributed by atoms with E-state index in [1.165, 1.54) is 0 Å². The maximum atomic E-state index is 12.8. The van der Waals surface area contributed by atoms with E-state index >= 15 is 0 Å². The first-order valence-electron chi connectivity index (χ1n) is 8.78. The van der Waals surface area contributed by atoms with Crippen molar-refractivity contribution in [3.05, 3.63) is 60.6 Å². The summed E-state index contributed by atoms with van der Waals surface area (Å²) in [7, 11) is 0. The number of anilines is 1. The summed E-state index contributed by atoms with van der Waals surface area (Å²) in [6.07, 6.45) is 4.88. The molecule has 6 nitrogen and oxygen atoms in total. The molecular weight excluding hydrogens is 328 g/mol. The van der Waals surface area contributed by atoms with Gasteiger partial charge in [-0.25, -0.2) is 0 Å². The summed E-state index contributed by atoms with van der Waals surface area (Å²) >= 11 is 0. The monoisotopic (exact) mass is 348 g/mol. The summed E-state index contributed by atoms with van der Waals surface area (Å²) in [5, 5.41) is 3.90. The van der Waals surface area contributed by atoms with Gasteiger partial charge in [-0.15, -0.1) is 0 Å². The van der Waals surface area contributed by atoms with Crippen molar-refractivity contribution in [3.63, 3.8) is 0 Å². The molecule has 1 aliphatic rings. The van der Waals surface area contributed by atoms with E-state index in [4.69, 9.17) is 0 Å². The number of carbonyl (C=O) groups is 2. The van der Waals surface area contributed by atoms with Crippen molar-refractivity contribution >= 4 is 28.4 Å². The number of piperidine rings is 1. The molecule has 2 N–H and O–H groups in total. The van der Waals surface area contributed by atoms with Gasteiger partial charge in [-0.05, 0) is 37.1 Å². The number of nitrogens with one attached hydrogen (secondary N) is 2.